The van der Waals surface area contributed by atoms with E-state index in [9.17, 15) is 0 Å². The first-order valence-corrected chi connectivity index (χ1v) is 9.78. The van der Waals surface area contributed by atoms with Crippen molar-refractivity contribution in [3.63, 3.8) is 0 Å². The third kappa shape index (κ3) is 2.41. The molecule has 1 N–H and O–H groups in total. The normalized spacial score (nSPS) is 15.1. The summed E-state index contributed by atoms with van der Waals surface area (Å²) in [5.74, 6) is 1.08. The van der Waals surface area contributed by atoms with Crippen LogP contribution in [0.2, 0.25) is 5.02 Å². The Balaban J connectivity index is 1.74. The minimum Gasteiger partial charge on any atom is -0.437 e. The quantitative estimate of drug-likeness (QED) is 0.369. The van der Waals surface area contributed by atoms with Crippen LogP contribution in [0.3, 0.4) is 0 Å². The lowest BCUT2D eigenvalue weighted by atomic mass is 9.83. The maximum Gasteiger partial charge on any atom is 0.230 e. The molecule has 29 heavy (non-hydrogen) atoms. The molecule has 0 aliphatic carbocycles. The molecule has 6 nitrogen and oxygen atoms in total. The third-order valence-electron chi connectivity index (χ3n) is 5.27. The van der Waals surface area contributed by atoms with Crippen molar-refractivity contribution >= 4 is 40.2 Å². The second-order valence-electron chi connectivity index (χ2n) is 6.86. The summed E-state index contributed by atoms with van der Waals surface area (Å²) in [6.45, 7) is 0. The standard InChI is InChI=1S/C21H12ClN5OS/c22-13-8-5-12(6-9-13)16-15-10-7-11-3-1-2-4-14(11)18(15)28-20-17(16)19-24-25-26-27(19)21(29)23-20/h1-10,16H,(H,24,26). The van der Waals surface area contributed by atoms with Gasteiger partial charge in [-0.05, 0) is 35.3 Å². The van der Waals surface area contributed by atoms with Gasteiger partial charge in [-0.2, -0.15) is 14.7 Å². The average Bonchev–Trinajstić information content (AvgIpc) is 3.24. The summed E-state index contributed by atoms with van der Waals surface area (Å²) in [6, 6.07) is 20.1. The summed E-state index contributed by atoms with van der Waals surface area (Å²) in [4.78, 5) is 4.53. The Hall–Kier alpha value is -3.29. The number of tetrazole rings is 1. The van der Waals surface area contributed by atoms with E-state index in [1.54, 1.807) is 4.52 Å². The van der Waals surface area contributed by atoms with E-state index in [4.69, 9.17) is 28.6 Å². The Bertz CT molecular complexity index is 1470. The zero-order valence-electron chi connectivity index (χ0n) is 14.8. The van der Waals surface area contributed by atoms with Gasteiger partial charge < -0.3 is 4.74 Å². The minimum atomic E-state index is -0.154. The van der Waals surface area contributed by atoms with E-state index in [1.165, 1.54) is 0 Å². The smallest absolute Gasteiger partial charge is 0.230 e. The molecule has 1 aliphatic heterocycles. The van der Waals surface area contributed by atoms with Crippen LogP contribution in [-0.4, -0.2) is 25.0 Å². The number of rotatable bonds is 1. The van der Waals surface area contributed by atoms with Gasteiger partial charge in [0, 0.05) is 21.9 Å². The van der Waals surface area contributed by atoms with Gasteiger partial charge >= 0.3 is 0 Å². The number of nitrogens with one attached hydrogen (secondary N) is 1. The number of aromatic nitrogens is 5. The topological polar surface area (TPSA) is 68.1 Å². The molecule has 2 aromatic heterocycles. The van der Waals surface area contributed by atoms with Crippen molar-refractivity contribution in [2.24, 2.45) is 0 Å². The van der Waals surface area contributed by atoms with Gasteiger partial charge in [-0.1, -0.05) is 65.3 Å². The molecule has 5 aromatic rings. The second kappa shape index (κ2) is 6.10. The lowest BCUT2D eigenvalue weighted by Gasteiger charge is -2.28. The van der Waals surface area contributed by atoms with Crippen LogP contribution in [0.15, 0.2) is 60.7 Å². The Morgan fingerprint density at radius 3 is 2.72 bits per heavy atom. The maximum atomic E-state index is 6.33. The molecule has 140 valence electrons. The molecule has 0 saturated heterocycles. The summed E-state index contributed by atoms with van der Waals surface area (Å²) in [7, 11) is 0. The summed E-state index contributed by atoms with van der Waals surface area (Å²) < 4.78 is 8.22. The molecule has 1 unspecified atom stereocenters. The molecule has 1 aliphatic rings. The van der Waals surface area contributed by atoms with E-state index in [0.717, 1.165) is 33.2 Å². The van der Waals surface area contributed by atoms with E-state index in [-0.39, 0.29) is 5.92 Å². The number of hydrogen-bond acceptors (Lipinski definition) is 5. The zero-order chi connectivity index (χ0) is 19.5. The maximum absolute atomic E-state index is 6.33. The predicted molar refractivity (Wildman–Crippen MR) is 112 cm³/mol. The van der Waals surface area contributed by atoms with Crippen LogP contribution in [-0.2, 0) is 0 Å². The third-order valence-corrected chi connectivity index (χ3v) is 5.80. The van der Waals surface area contributed by atoms with Gasteiger partial charge in [-0.3, -0.25) is 0 Å². The number of halogens is 1. The Morgan fingerprint density at radius 2 is 1.86 bits per heavy atom. The number of ether oxygens (including phenoxy) is 1. The molecule has 0 amide bonds. The van der Waals surface area contributed by atoms with E-state index in [0.29, 0.717) is 21.3 Å². The first kappa shape index (κ1) is 16.6. The van der Waals surface area contributed by atoms with Crippen LogP contribution in [0, 0.1) is 4.77 Å². The van der Waals surface area contributed by atoms with Crippen LogP contribution in [0.25, 0.3) is 16.4 Å². The van der Waals surface area contributed by atoms with Crippen molar-refractivity contribution in [2.75, 3.05) is 0 Å². The summed E-state index contributed by atoms with van der Waals surface area (Å²) >= 11 is 11.5. The molecule has 1 atom stereocenters. The molecule has 0 bridgehead atoms. The second-order valence-corrected chi connectivity index (χ2v) is 7.67. The van der Waals surface area contributed by atoms with E-state index in [1.807, 2.05) is 36.4 Å². The van der Waals surface area contributed by atoms with Gasteiger partial charge in [-0.25, -0.2) is 0 Å². The van der Waals surface area contributed by atoms with E-state index >= 15 is 0 Å². The van der Waals surface area contributed by atoms with E-state index < -0.39 is 0 Å². The fourth-order valence-corrected chi connectivity index (χ4v) is 4.33. The fourth-order valence-electron chi connectivity index (χ4n) is 3.99. The molecule has 3 heterocycles. The molecule has 0 spiro atoms. The molecule has 0 fully saturated rings. The van der Waals surface area contributed by atoms with Gasteiger partial charge in [0.25, 0.3) is 0 Å². The predicted octanol–water partition coefficient (Wildman–Crippen LogP) is 5.27. The molecular weight excluding hydrogens is 406 g/mol. The van der Waals surface area contributed by atoms with Crippen LogP contribution < -0.4 is 4.74 Å². The number of nitrogens with zero attached hydrogens (tertiary/aromatic N) is 4. The molecule has 0 radical (unpaired) electrons. The molecular formula is C21H12ClN5OS. The van der Waals surface area contributed by atoms with E-state index in [2.05, 4.69) is 44.8 Å². The van der Waals surface area contributed by atoms with Crippen molar-refractivity contribution in [1.82, 2.24) is 25.0 Å². The number of hydrogen-bond donors (Lipinski definition) is 1. The van der Waals surface area contributed by atoms with Crippen molar-refractivity contribution in [3.8, 4) is 11.6 Å². The van der Waals surface area contributed by atoms with Crippen molar-refractivity contribution in [1.29, 1.82) is 0 Å². The van der Waals surface area contributed by atoms with Gasteiger partial charge in [0.05, 0.1) is 5.56 Å². The Kier molecular flexibility index (Phi) is 3.50. The van der Waals surface area contributed by atoms with Crippen LogP contribution in [0.4, 0.5) is 0 Å². The zero-order valence-corrected chi connectivity index (χ0v) is 16.4. The lowest BCUT2D eigenvalue weighted by Crippen LogP contribution is -2.15. The number of H-pyrrole nitrogens is 1. The highest BCUT2D eigenvalue weighted by molar-refractivity contribution is 7.71. The summed E-state index contributed by atoms with van der Waals surface area (Å²) in [5.41, 5.74) is 3.50. The highest BCUT2D eigenvalue weighted by atomic mass is 35.5. The number of aromatic amines is 1. The Morgan fingerprint density at radius 1 is 1.03 bits per heavy atom. The van der Waals surface area contributed by atoms with Crippen LogP contribution in [0.1, 0.15) is 22.6 Å². The Labute approximate surface area is 174 Å². The minimum absolute atomic E-state index is 0.154. The lowest BCUT2D eigenvalue weighted by molar-refractivity contribution is 0.436. The van der Waals surface area contributed by atoms with Gasteiger partial charge in [0.1, 0.15) is 5.75 Å². The first-order valence-electron chi connectivity index (χ1n) is 8.99. The highest BCUT2D eigenvalue weighted by Crippen LogP contribution is 2.50. The monoisotopic (exact) mass is 417 g/mol. The molecule has 8 heteroatoms. The number of benzene rings is 3. The molecule has 0 saturated carbocycles. The average molecular weight is 418 g/mol. The van der Waals surface area contributed by atoms with Gasteiger partial charge in [0.2, 0.25) is 10.7 Å². The van der Waals surface area contributed by atoms with Crippen LogP contribution in [0.5, 0.6) is 11.6 Å². The first-order chi connectivity index (χ1) is 14.2. The van der Waals surface area contributed by atoms with Crippen molar-refractivity contribution in [3.05, 3.63) is 87.1 Å². The van der Waals surface area contributed by atoms with Gasteiger partial charge in [0.15, 0.2) is 5.65 Å². The summed E-state index contributed by atoms with van der Waals surface area (Å²) in [5, 5.41) is 13.8. The SMILES string of the molecule is S=c1nc2c(c3nn[nH]n13)C(c1ccc(Cl)cc1)c1ccc3ccccc3c1O2. The summed E-state index contributed by atoms with van der Waals surface area (Å²) in [6.07, 6.45) is 0. The fraction of sp³-hybridized carbons (Fsp3) is 0.0476. The highest BCUT2D eigenvalue weighted by Gasteiger charge is 2.34. The van der Waals surface area contributed by atoms with Gasteiger partial charge in [-0.15, -0.1) is 5.10 Å². The van der Waals surface area contributed by atoms with Crippen LogP contribution >= 0.6 is 23.8 Å². The largest absolute Gasteiger partial charge is 0.437 e. The van der Waals surface area contributed by atoms with Crippen molar-refractivity contribution < 1.29 is 4.74 Å². The van der Waals surface area contributed by atoms with Crippen molar-refractivity contribution in [2.45, 2.75) is 5.92 Å². The number of fused-ring (bicyclic) bond motifs is 6. The molecule has 3 aromatic carbocycles. The molecule has 6 rings (SSSR count).